The predicted octanol–water partition coefficient (Wildman–Crippen LogP) is 4.62. The number of carbonyl (C=O) groups is 1. The average molecular weight is 653 g/mol. The first-order valence-electron chi connectivity index (χ1n) is 15.6. The minimum atomic E-state index is -4.27. The molecule has 2 aliphatic carbocycles. The summed E-state index contributed by atoms with van der Waals surface area (Å²) < 4.78 is 42.2. The van der Waals surface area contributed by atoms with Crippen molar-refractivity contribution in [2.75, 3.05) is 31.1 Å². The first-order valence-corrected chi connectivity index (χ1v) is 17.4. The Kier molecular flexibility index (Phi) is 8.14. The number of anilines is 1. The van der Waals surface area contributed by atoms with Crippen LogP contribution in [0.25, 0.3) is 0 Å². The fraction of sp³-hybridized carbons (Fsp3) is 0.455. The van der Waals surface area contributed by atoms with Gasteiger partial charge >= 0.3 is 10.2 Å². The maximum absolute atomic E-state index is 13.5. The zero-order chi connectivity index (χ0) is 31.2. The number of oxazole rings is 1. The van der Waals surface area contributed by atoms with Gasteiger partial charge in [0.2, 0.25) is 5.89 Å². The standard InChI is InChI=1S/C33H37ClN4O6S/c34-25-8-10-27-22(16-25)4-3-12-33(27)20-37-18-24-6-9-26(24)29(39)5-1-2-14-38(19-31-35-13-15-43-31)45(41,42)36-32(40)23-7-11-30(44-21-33)28(37)17-23/h1,5,7-8,10-11,13,15-17,24,26,29,39H,2-4,6,9,12,14,18-21H2,(H,36,40)/b5-1+/t24-,26+,29-,33-/m0/s1. The molecule has 3 aromatic rings. The summed E-state index contributed by atoms with van der Waals surface area (Å²) in [6.07, 6.45) is 10.9. The minimum Gasteiger partial charge on any atom is -0.490 e. The molecule has 1 fully saturated rings. The van der Waals surface area contributed by atoms with Gasteiger partial charge < -0.3 is 19.2 Å². The molecule has 1 saturated carbocycles. The van der Waals surface area contributed by atoms with E-state index in [2.05, 4.69) is 26.7 Å². The second-order valence-corrected chi connectivity index (χ2v) is 14.8. The van der Waals surface area contributed by atoms with Crippen LogP contribution in [0.3, 0.4) is 0 Å². The topological polar surface area (TPSA) is 125 Å². The van der Waals surface area contributed by atoms with E-state index in [9.17, 15) is 18.3 Å². The van der Waals surface area contributed by atoms with Gasteiger partial charge in [-0.15, -0.1) is 0 Å². The van der Waals surface area contributed by atoms with Crippen molar-refractivity contribution in [1.82, 2.24) is 14.0 Å². The molecule has 238 valence electrons. The van der Waals surface area contributed by atoms with E-state index in [4.69, 9.17) is 20.8 Å². The molecule has 1 aromatic heterocycles. The Labute approximate surface area is 268 Å². The van der Waals surface area contributed by atoms with Crippen molar-refractivity contribution in [2.24, 2.45) is 11.8 Å². The van der Waals surface area contributed by atoms with Crippen LogP contribution in [0.15, 0.2) is 65.4 Å². The molecule has 2 aliphatic heterocycles. The maximum Gasteiger partial charge on any atom is 0.304 e. The lowest BCUT2D eigenvalue weighted by Gasteiger charge is -2.45. The van der Waals surface area contributed by atoms with Gasteiger partial charge in [-0.3, -0.25) is 4.79 Å². The molecule has 2 aromatic carbocycles. The normalized spacial score (nSPS) is 29.0. The lowest BCUT2D eigenvalue weighted by molar-refractivity contribution is 0.0456. The monoisotopic (exact) mass is 652 g/mol. The van der Waals surface area contributed by atoms with E-state index >= 15 is 0 Å². The highest BCUT2D eigenvalue weighted by molar-refractivity contribution is 7.87. The average Bonchev–Trinajstić information content (AvgIpc) is 3.46. The van der Waals surface area contributed by atoms with E-state index in [1.165, 1.54) is 23.6 Å². The predicted molar refractivity (Wildman–Crippen MR) is 169 cm³/mol. The summed E-state index contributed by atoms with van der Waals surface area (Å²) in [6.45, 7) is 1.75. The number of aliphatic hydroxyl groups is 1. The molecule has 45 heavy (non-hydrogen) atoms. The number of aromatic nitrogens is 1. The number of nitrogens with one attached hydrogen (secondary N) is 1. The molecular formula is C33H37ClN4O6S. The van der Waals surface area contributed by atoms with Gasteiger partial charge in [-0.05, 0) is 91.8 Å². The zero-order valence-electron chi connectivity index (χ0n) is 24.9. The number of fused-ring (bicyclic) bond motifs is 4. The van der Waals surface area contributed by atoms with Crippen LogP contribution in [0.4, 0.5) is 5.69 Å². The van der Waals surface area contributed by atoms with Gasteiger partial charge in [0.1, 0.15) is 12.0 Å². The van der Waals surface area contributed by atoms with E-state index in [1.54, 1.807) is 24.3 Å². The number of aryl methyl sites for hydroxylation is 1. The molecule has 7 rings (SSSR count). The van der Waals surface area contributed by atoms with Crippen molar-refractivity contribution >= 4 is 33.4 Å². The lowest BCUT2D eigenvalue weighted by Crippen LogP contribution is -2.49. The summed E-state index contributed by atoms with van der Waals surface area (Å²) in [6, 6.07) is 11.2. The Morgan fingerprint density at radius 1 is 1.18 bits per heavy atom. The van der Waals surface area contributed by atoms with Crippen molar-refractivity contribution in [3.8, 4) is 5.75 Å². The molecule has 2 N–H and O–H groups in total. The highest BCUT2D eigenvalue weighted by atomic mass is 35.5. The molecule has 0 radical (unpaired) electrons. The fourth-order valence-electron chi connectivity index (χ4n) is 7.41. The zero-order valence-corrected chi connectivity index (χ0v) is 26.5. The quantitative estimate of drug-likeness (QED) is 0.384. The van der Waals surface area contributed by atoms with Crippen LogP contribution < -0.4 is 14.4 Å². The van der Waals surface area contributed by atoms with Crippen LogP contribution in [-0.4, -0.2) is 61.1 Å². The third kappa shape index (κ3) is 5.98. The minimum absolute atomic E-state index is 0.0723. The molecule has 1 spiro atoms. The van der Waals surface area contributed by atoms with Gasteiger partial charge in [-0.25, -0.2) is 9.71 Å². The van der Waals surface area contributed by atoms with Crippen molar-refractivity contribution in [1.29, 1.82) is 0 Å². The fourth-order valence-corrected chi connectivity index (χ4v) is 8.72. The van der Waals surface area contributed by atoms with Crippen molar-refractivity contribution in [3.05, 3.63) is 88.6 Å². The number of benzene rings is 2. The first-order chi connectivity index (χ1) is 21.7. The van der Waals surface area contributed by atoms with Crippen LogP contribution in [0.2, 0.25) is 5.02 Å². The Hall–Kier alpha value is -3.38. The molecular weight excluding hydrogens is 616 g/mol. The molecule has 12 heteroatoms. The highest BCUT2D eigenvalue weighted by Crippen LogP contribution is 2.46. The van der Waals surface area contributed by atoms with Crippen LogP contribution in [0, 0.1) is 11.8 Å². The van der Waals surface area contributed by atoms with Gasteiger partial charge in [0, 0.05) is 35.6 Å². The number of carbonyl (C=O) groups excluding carboxylic acids is 1. The number of amides is 1. The third-order valence-electron chi connectivity index (χ3n) is 9.90. The largest absolute Gasteiger partial charge is 0.490 e. The molecule has 10 nitrogen and oxygen atoms in total. The van der Waals surface area contributed by atoms with E-state index in [-0.39, 0.29) is 41.8 Å². The summed E-state index contributed by atoms with van der Waals surface area (Å²) >= 11 is 6.39. The molecule has 0 saturated heterocycles. The van der Waals surface area contributed by atoms with E-state index in [0.717, 1.165) is 47.1 Å². The summed E-state index contributed by atoms with van der Waals surface area (Å²) in [4.78, 5) is 19.9. The third-order valence-corrected chi connectivity index (χ3v) is 11.6. The number of rotatable bonds is 2. The van der Waals surface area contributed by atoms with Gasteiger partial charge in [0.05, 0.1) is 31.1 Å². The maximum atomic E-state index is 13.5. The van der Waals surface area contributed by atoms with E-state index < -0.39 is 22.2 Å². The van der Waals surface area contributed by atoms with Crippen molar-refractivity contribution in [3.63, 3.8) is 0 Å². The van der Waals surface area contributed by atoms with Crippen LogP contribution in [0.1, 0.15) is 59.5 Å². The van der Waals surface area contributed by atoms with E-state index in [0.29, 0.717) is 31.9 Å². The van der Waals surface area contributed by atoms with Gasteiger partial charge in [0.15, 0.2) is 0 Å². The summed E-state index contributed by atoms with van der Waals surface area (Å²) in [7, 11) is -4.27. The molecule has 4 aliphatic rings. The Bertz CT molecular complexity index is 1710. The van der Waals surface area contributed by atoms with E-state index in [1.807, 2.05) is 12.1 Å². The van der Waals surface area contributed by atoms with Gasteiger partial charge in [-0.1, -0.05) is 29.8 Å². The van der Waals surface area contributed by atoms with Crippen molar-refractivity contribution < 1.29 is 27.5 Å². The number of hydrogen-bond acceptors (Lipinski definition) is 8. The number of aliphatic hydroxyl groups excluding tert-OH is 1. The Morgan fingerprint density at radius 3 is 2.87 bits per heavy atom. The number of halogens is 1. The smallest absolute Gasteiger partial charge is 0.304 e. The second-order valence-electron chi connectivity index (χ2n) is 12.7. The first kappa shape index (κ1) is 30.3. The summed E-state index contributed by atoms with van der Waals surface area (Å²) in [5.41, 5.74) is 3.14. The molecule has 1 amide bonds. The second kappa shape index (κ2) is 12.1. The number of nitrogens with zero attached hydrogens (tertiary/aromatic N) is 3. The molecule has 2 bridgehead atoms. The van der Waals surface area contributed by atoms with Gasteiger partial charge in [0.25, 0.3) is 5.91 Å². The lowest BCUT2D eigenvalue weighted by atomic mass is 9.68. The Balaban J connectivity index is 1.27. The molecule has 3 heterocycles. The number of hydrogen-bond donors (Lipinski definition) is 2. The highest BCUT2D eigenvalue weighted by Gasteiger charge is 2.44. The molecule has 4 atom stereocenters. The number of ether oxygens (including phenoxy) is 1. The van der Waals surface area contributed by atoms with Crippen LogP contribution in [-0.2, 0) is 28.6 Å². The summed E-state index contributed by atoms with van der Waals surface area (Å²) in [5.74, 6) is 0.450. The summed E-state index contributed by atoms with van der Waals surface area (Å²) in [5, 5.41) is 11.9. The SMILES string of the molecule is O=C1NS(=O)(=O)N(Cc2ncco2)CC/C=C/[C@H](O)[C@@H]2CC[C@H]2CN2C[C@@]3(CCCc4cc(Cl)ccc43)COc3ccc1cc32. The molecule has 0 unspecified atom stereocenters. The Morgan fingerprint density at radius 2 is 2.07 bits per heavy atom. The van der Waals surface area contributed by atoms with Crippen LogP contribution >= 0.6 is 11.6 Å². The van der Waals surface area contributed by atoms with Crippen molar-refractivity contribution in [2.45, 2.75) is 56.6 Å². The van der Waals surface area contributed by atoms with Gasteiger partial charge in [-0.2, -0.15) is 12.7 Å². The van der Waals surface area contributed by atoms with Crippen LogP contribution in [0.5, 0.6) is 5.75 Å².